The predicted octanol–water partition coefficient (Wildman–Crippen LogP) is 2.22. The number of nitrogens with zero attached hydrogens (tertiary/aromatic N) is 1. The largest absolute Gasteiger partial charge is 0.459 e. The number of carbonyl (C=O) groups excluding carboxylic acids is 1. The molecule has 1 aromatic rings. The second-order valence-electron chi connectivity index (χ2n) is 4.51. The average molecular weight is 255 g/mol. The fraction of sp³-hybridized carbons (Fsp3) is 0.462. The van der Waals surface area contributed by atoms with E-state index in [1.807, 2.05) is 7.05 Å². The second-order valence-corrected chi connectivity index (χ2v) is 4.51. The molecule has 0 atom stereocenters. The van der Waals surface area contributed by atoms with Crippen molar-refractivity contribution >= 4 is 5.97 Å². The van der Waals surface area contributed by atoms with E-state index in [1.165, 1.54) is 12.1 Å². The SMILES string of the molecule is CN1CCC(OC(=O)c2cccc(F)c2F)CC1. The molecule has 0 bridgehead atoms. The van der Waals surface area contributed by atoms with E-state index in [9.17, 15) is 13.6 Å². The number of hydrogen-bond acceptors (Lipinski definition) is 3. The van der Waals surface area contributed by atoms with Crippen LogP contribution < -0.4 is 0 Å². The van der Waals surface area contributed by atoms with Crippen molar-refractivity contribution in [2.45, 2.75) is 18.9 Å². The third-order valence-electron chi connectivity index (χ3n) is 3.11. The number of piperidine rings is 1. The Morgan fingerprint density at radius 2 is 2.00 bits per heavy atom. The van der Waals surface area contributed by atoms with Crippen molar-refractivity contribution in [2.24, 2.45) is 0 Å². The monoisotopic (exact) mass is 255 g/mol. The Morgan fingerprint density at radius 1 is 1.33 bits per heavy atom. The van der Waals surface area contributed by atoms with Crippen LogP contribution in [0.1, 0.15) is 23.2 Å². The van der Waals surface area contributed by atoms with Crippen LogP contribution in [-0.4, -0.2) is 37.1 Å². The van der Waals surface area contributed by atoms with Crippen molar-refractivity contribution in [1.82, 2.24) is 4.90 Å². The minimum absolute atomic E-state index is 0.212. The molecule has 0 amide bonds. The van der Waals surface area contributed by atoms with Crippen molar-refractivity contribution in [3.63, 3.8) is 0 Å². The molecule has 98 valence electrons. The summed E-state index contributed by atoms with van der Waals surface area (Å²) in [6, 6.07) is 3.50. The second kappa shape index (κ2) is 5.44. The van der Waals surface area contributed by atoms with Crippen LogP contribution >= 0.6 is 0 Å². The van der Waals surface area contributed by atoms with Gasteiger partial charge in [0.05, 0.1) is 5.56 Å². The van der Waals surface area contributed by atoms with Gasteiger partial charge in [-0.3, -0.25) is 0 Å². The van der Waals surface area contributed by atoms with Gasteiger partial charge in [-0.05, 0) is 32.0 Å². The van der Waals surface area contributed by atoms with Gasteiger partial charge >= 0.3 is 5.97 Å². The van der Waals surface area contributed by atoms with E-state index >= 15 is 0 Å². The highest BCUT2D eigenvalue weighted by Gasteiger charge is 2.23. The third-order valence-corrected chi connectivity index (χ3v) is 3.11. The number of halogens is 2. The van der Waals surface area contributed by atoms with Crippen molar-refractivity contribution in [3.05, 3.63) is 35.4 Å². The van der Waals surface area contributed by atoms with Gasteiger partial charge in [-0.15, -0.1) is 0 Å². The molecule has 18 heavy (non-hydrogen) atoms. The molecule has 0 spiro atoms. The van der Waals surface area contributed by atoms with Crippen LogP contribution in [0, 0.1) is 11.6 Å². The van der Waals surface area contributed by atoms with E-state index in [0.717, 1.165) is 32.0 Å². The summed E-state index contributed by atoms with van der Waals surface area (Å²) in [4.78, 5) is 13.9. The zero-order valence-electron chi connectivity index (χ0n) is 10.2. The van der Waals surface area contributed by atoms with Crippen LogP contribution in [0.15, 0.2) is 18.2 Å². The lowest BCUT2D eigenvalue weighted by molar-refractivity contribution is 0.0134. The van der Waals surface area contributed by atoms with Crippen molar-refractivity contribution in [2.75, 3.05) is 20.1 Å². The Labute approximate surface area is 104 Å². The molecule has 0 aromatic heterocycles. The van der Waals surface area contributed by atoms with Crippen LogP contribution in [0.5, 0.6) is 0 Å². The maximum absolute atomic E-state index is 13.4. The van der Waals surface area contributed by atoms with Gasteiger partial charge in [-0.2, -0.15) is 0 Å². The van der Waals surface area contributed by atoms with Gasteiger partial charge in [0.1, 0.15) is 6.10 Å². The van der Waals surface area contributed by atoms with Gasteiger partial charge in [0.2, 0.25) is 0 Å². The van der Waals surface area contributed by atoms with E-state index in [4.69, 9.17) is 4.74 Å². The molecule has 0 saturated carbocycles. The topological polar surface area (TPSA) is 29.5 Å². The molecular formula is C13H15F2NO2. The molecule has 1 aliphatic heterocycles. The summed E-state index contributed by atoms with van der Waals surface area (Å²) in [7, 11) is 1.99. The molecule has 0 unspecified atom stereocenters. The maximum Gasteiger partial charge on any atom is 0.341 e. The lowest BCUT2D eigenvalue weighted by atomic mass is 10.1. The summed E-state index contributed by atoms with van der Waals surface area (Å²) in [5.74, 6) is -2.97. The molecule has 1 aromatic carbocycles. The van der Waals surface area contributed by atoms with E-state index < -0.39 is 17.6 Å². The number of ether oxygens (including phenoxy) is 1. The number of likely N-dealkylation sites (tertiary alicyclic amines) is 1. The number of carbonyl (C=O) groups is 1. The Balaban J connectivity index is 2.01. The van der Waals surface area contributed by atoms with E-state index in [-0.39, 0.29) is 11.7 Å². The number of esters is 1. The quantitative estimate of drug-likeness (QED) is 0.759. The van der Waals surface area contributed by atoms with E-state index in [2.05, 4.69) is 4.90 Å². The van der Waals surface area contributed by atoms with Gasteiger partial charge in [0.15, 0.2) is 11.6 Å². The molecule has 1 heterocycles. The molecule has 1 aliphatic rings. The number of hydrogen-bond donors (Lipinski definition) is 0. The predicted molar refractivity (Wildman–Crippen MR) is 62.3 cm³/mol. The highest BCUT2D eigenvalue weighted by atomic mass is 19.2. The van der Waals surface area contributed by atoms with E-state index in [1.54, 1.807) is 0 Å². The van der Waals surface area contributed by atoms with Crippen molar-refractivity contribution < 1.29 is 18.3 Å². The first-order chi connectivity index (χ1) is 8.58. The lowest BCUT2D eigenvalue weighted by Crippen LogP contribution is -2.35. The normalized spacial score (nSPS) is 17.7. The molecule has 0 radical (unpaired) electrons. The summed E-state index contributed by atoms with van der Waals surface area (Å²) < 4.78 is 31.6. The summed E-state index contributed by atoms with van der Waals surface area (Å²) in [6.07, 6.45) is 1.23. The van der Waals surface area contributed by atoms with Crippen LogP contribution in [0.25, 0.3) is 0 Å². The first kappa shape index (κ1) is 13.0. The number of benzene rings is 1. The maximum atomic E-state index is 13.4. The first-order valence-corrected chi connectivity index (χ1v) is 5.91. The molecule has 3 nitrogen and oxygen atoms in total. The van der Waals surface area contributed by atoms with Crippen LogP contribution in [0.4, 0.5) is 8.78 Å². The Kier molecular flexibility index (Phi) is 3.91. The Morgan fingerprint density at radius 3 is 2.67 bits per heavy atom. The fourth-order valence-corrected chi connectivity index (χ4v) is 1.98. The van der Waals surface area contributed by atoms with Crippen molar-refractivity contribution in [3.8, 4) is 0 Å². The zero-order chi connectivity index (χ0) is 13.1. The Bertz CT molecular complexity index is 443. The van der Waals surface area contributed by atoms with Gasteiger partial charge in [0.25, 0.3) is 0 Å². The molecule has 0 N–H and O–H groups in total. The van der Waals surface area contributed by atoms with Gasteiger partial charge in [-0.25, -0.2) is 13.6 Å². The summed E-state index contributed by atoms with van der Waals surface area (Å²) in [6.45, 7) is 1.67. The molecule has 2 rings (SSSR count). The highest BCUT2D eigenvalue weighted by molar-refractivity contribution is 5.89. The summed E-state index contributed by atoms with van der Waals surface area (Å²) in [5.41, 5.74) is -0.339. The van der Waals surface area contributed by atoms with Gasteiger partial charge in [0, 0.05) is 13.1 Å². The molecule has 5 heteroatoms. The smallest absolute Gasteiger partial charge is 0.341 e. The van der Waals surface area contributed by atoms with Crippen LogP contribution in [0.3, 0.4) is 0 Å². The van der Waals surface area contributed by atoms with Gasteiger partial charge < -0.3 is 9.64 Å². The fourth-order valence-electron chi connectivity index (χ4n) is 1.98. The number of rotatable bonds is 2. The first-order valence-electron chi connectivity index (χ1n) is 5.91. The Hall–Kier alpha value is -1.49. The summed E-state index contributed by atoms with van der Waals surface area (Å²) >= 11 is 0. The summed E-state index contributed by atoms with van der Waals surface area (Å²) in [5, 5.41) is 0. The average Bonchev–Trinajstić information content (AvgIpc) is 2.35. The third kappa shape index (κ3) is 2.85. The molecule has 0 aliphatic carbocycles. The molecular weight excluding hydrogens is 240 g/mol. The molecule has 1 fully saturated rings. The highest BCUT2D eigenvalue weighted by Crippen LogP contribution is 2.17. The zero-order valence-corrected chi connectivity index (χ0v) is 10.2. The molecule has 1 saturated heterocycles. The minimum Gasteiger partial charge on any atom is -0.459 e. The van der Waals surface area contributed by atoms with Gasteiger partial charge in [-0.1, -0.05) is 6.07 Å². The standard InChI is InChI=1S/C13H15F2NO2/c1-16-7-5-9(6-8-16)18-13(17)10-3-2-4-11(14)12(10)15/h2-4,9H,5-8H2,1H3. The van der Waals surface area contributed by atoms with Crippen LogP contribution in [0.2, 0.25) is 0 Å². The van der Waals surface area contributed by atoms with Crippen molar-refractivity contribution in [1.29, 1.82) is 0 Å². The lowest BCUT2D eigenvalue weighted by Gasteiger charge is -2.28. The van der Waals surface area contributed by atoms with Crippen LogP contribution in [-0.2, 0) is 4.74 Å². The van der Waals surface area contributed by atoms with E-state index in [0.29, 0.717) is 0 Å². The minimum atomic E-state index is -1.14.